The van der Waals surface area contributed by atoms with Crippen molar-refractivity contribution < 1.29 is 14.0 Å². The predicted octanol–water partition coefficient (Wildman–Crippen LogP) is 6.33. The van der Waals surface area contributed by atoms with E-state index in [0.29, 0.717) is 26.5 Å². The second-order valence-corrected chi connectivity index (χ2v) is 8.07. The number of hydrogen-bond donors (Lipinski definition) is 0. The van der Waals surface area contributed by atoms with Crippen LogP contribution in [-0.4, -0.2) is 11.1 Å². The maximum absolute atomic E-state index is 12.6. The normalized spacial score (nSPS) is 15.7. The highest BCUT2D eigenvalue weighted by Gasteiger charge is 2.36. The summed E-state index contributed by atoms with van der Waals surface area (Å²) in [6.07, 6.45) is 1.59. The number of anilines is 1. The maximum Gasteiger partial charge on any atom is 0.298 e. The van der Waals surface area contributed by atoms with Crippen LogP contribution in [0.15, 0.2) is 86.0 Å². The zero-order chi connectivity index (χ0) is 18.8. The van der Waals surface area contributed by atoms with E-state index in [-0.39, 0.29) is 11.1 Å². The van der Waals surface area contributed by atoms with E-state index in [1.165, 1.54) is 11.8 Å². The SMILES string of the molecule is O=C1SC(=Cc2ccc(Sc3ccccc3)o2)C(=O)N1c1ccc(Cl)cc1. The second-order valence-electron chi connectivity index (χ2n) is 5.57. The average molecular weight is 414 g/mol. The van der Waals surface area contributed by atoms with Crippen molar-refractivity contribution in [1.82, 2.24) is 0 Å². The minimum atomic E-state index is -0.374. The van der Waals surface area contributed by atoms with Crippen molar-refractivity contribution in [3.8, 4) is 0 Å². The summed E-state index contributed by atoms with van der Waals surface area (Å²) in [5.41, 5.74) is 0.491. The van der Waals surface area contributed by atoms with Gasteiger partial charge in [0.25, 0.3) is 11.1 Å². The first-order valence-corrected chi connectivity index (χ1v) is 9.97. The number of halogens is 1. The molecule has 0 spiro atoms. The molecule has 1 aliphatic rings. The van der Waals surface area contributed by atoms with Crippen molar-refractivity contribution in [2.24, 2.45) is 0 Å². The van der Waals surface area contributed by atoms with Gasteiger partial charge in [-0.1, -0.05) is 41.6 Å². The lowest BCUT2D eigenvalue weighted by Crippen LogP contribution is -2.27. The molecule has 3 aromatic rings. The van der Waals surface area contributed by atoms with Crippen molar-refractivity contribution in [1.29, 1.82) is 0 Å². The first-order valence-electron chi connectivity index (χ1n) is 7.96. The topological polar surface area (TPSA) is 50.5 Å². The highest BCUT2D eigenvalue weighted by Crippen LogP contribution is 2.37. The second kappa shape index (κ2) is 7.68. The van der Waals surface area contributed by atoms with E-state index in [2.05, 4.69) is 0 Å². The summed E-state index contributed by atoms with van der Waals surface area (Å²) in [7, 11) is 0. The van der Waals surface area contributed by atoms with Crippen LogP contribution in [0.25, 0.3) is 6.08 Å². The molecule has 0 bridgehead atoms. The molecule has 0 radical (unpaired) electrons. The number of furan rings is 1. The van der Waals surface area contributed by atoms with E-state index in [1.807, 2.05) is 36.4 Å². The smallest absolute Gasteiger partial charge is 0.298 e. The molecule has 1 fully saturated rings. The largest absolute Gasteiger partial charge is 0.450 e. The molecule has 4 rings (SSSR count). The summed E-state index contributed by atoms with van der Waals surface area (Å²) in [5.74, 6) is 0.149. The third-order valence-electron chi connectivity index (χ3n) is 3.72. The predicted molar refractivity (Wildman–Crippen MR) is 109 cm³/mol. The van der Waals surface area contributed by atoms with Crippen LogP contribution in [-0.2, 0) is 4.79 Å². The van der Waals surface area contributed by atoms with Gasteiger partial charge in [-0.3, -0.25) is 9.59 Å². The molecule has 0 N–H and O–H groups in total. The van der Waals surface area contributed by atoms with Gasteiger partial charge in [-0.05, 0) is 60.3 Å². The van der Waals surface area contributed by atoms with E-state index in [9.17, 15) is 9.59 Å². The molecule has 1 saturated heterocycles. The van der Waals surface area contributed by atoms with Gasteiger partial charge in [-0.25, -0.2) is 4.90 Å². The third-order valence-corrected chi connectivity index (χ3v) is 5.77. The Morgan fingerprint density at radius 1 is 0.963 bits per heavy atom. The van der Waals surface area contributed by atoms with Crippen molar-refractivity contribution in [2.75, 3.05) is 4.90 Å². The Kier molecular flexibility index (Phi) is 5.11. The Hall–Kier alpha value is -2.41. The van der Waals surface area contributed by atoms with E-state index >= 15 is 0 Å². The summed E-state index contributed by atoms with van der Waals surface area (Å²) in [5, 5.41) is 0.906. The molecule has 2 heterocycles. The van der Waals surface area contributed by atoms with Crippen molar-refractivity contribution in [2.45, 2.75) is 9.99 Å². The van der Waals surface area contributed by atoms with Gasteiger partial charge in [0.1, 0.15) is 5.76 Å². The van der Waals surface area contributed by atoms with Crippen LogP contribution in [0.1, 0.15) is 5.76 Å². The minimum absolute atomic E-state index is 0.320. The molecule has 7 heteroatoms. The van der Waals surface area contributed by atoms with Crippen molar-refractivity contribution in [3.05, 3.63) is 82.4 Å². The lowest BCUT2D eigenvalue weighted by molar-refractivity contribution is -0.113. The van der Waals surface area contributed by atoms with Crippen LogP contribution in [0.3, 0.4) is 0 Å². The van der Waals surface area contributed by atoms with Crippen LogP contribution < -0.4 is 4.90 Å². The summed E-state index contributed by atoms with van der Waals surface area (Å²) >= 11 is 8.24. The molecule has 2 aromatic carbocycles. The van der Waals surface area contributed by atoms with Crippen molar-refractivity contribution in [3.63, 3.8) is 0 Å². The van der Waals surface area contributed by atoms with Gasteiger partial charge in [0.2, 0.25) is 0 Å². The zero-order valence-electron chi connectivity index (χ0n) is 13.8. The number of amides is 2. The fourth-order valence-corrected chi connectivity index (χ4v) is 4.23. The highest BCUT2D eigenvalue weighted by molar-refractivity contribution is 8.19. The third kappa shape index (κ3) is 3.98. The first-order chi connectivity index (χ1) is 13.1. The standard InChI is InChI=1S/C20H12ClNO3S2/c21-13-6-8-14(9-7-13)22-19(23)17(27-20(22)24)12-15-10-11-18(25-15)26-16-4-2-1-3-5-16/h1-12H. The molecule has 0 atom stereocenters. The van der Waals surface area contributed by atoms with Gasteiger partial charge in [-0.15, -0.1) is 0 Å². The molecular formula is C20H12ClNO3S2. The van der Waals surface area contributed by atoms with Crippen LogP contribution in [0.2, 0.25) is 5.02 Å². The molecule has 27 heavy (non-hydrogen) atoms. The van der Waals surface area contributed by atoms with Gasteiger partial charge < -0.3 is 4.42 Å². The Morgan fingerprint density at radius 3 is 2.44 bits per heavy atom. The lowest BCUT2D eigenvalue weighted by Gasteiger charge is -2.11. The van der Waals surface area contributed by atoms with Gasteiger partial charge in [0.15, 0.2) is 5.09 Å². The zero-order valence-corrected chi connectivity index (χ0v) is 16.2. The summed E-state index contributed by atoms with van der Waals surface area (Å²) in [4.78, 5) is 27.4. The summed E-state index contributed by atoms with van der Waals surface area (Å²) in [6, 6.07) is 20.0. The Morgan fingerprint density at radius 2 is 1.70 bits per heavy atom. The molecule has 0 saturated carbocycles. The van der Waals surface area contributed by atoms with E-state index in [0.717, 1.165) is 21.6 Å². The molecule has 1 aliphatic heterocycles. The highest BCUT2D eigenvalue weighted by atomic mass is 35.5. The van der Waals surface area contributed by atoms with Crippen LogP contribution in [0, 0.1) is 0 Å². The van der Waals surface area contributed by atoms with Gasteiger partial charge in [0.05, 0.1) is 10.6 Å². The summed E-state index contributed by atoms with van der Waals surface area (Å²) < 4.78 is 5.76. The van der Waals surface area contributed by atoms with Crippen LogP contribution in [0.5, 0.6) is 0 Å². The number of carbonyl (C=O) groups is 2. The minimum Gasteiger partial charge on any atom is -0.450 e. The monoisotopic (exact) mass is 413 g/mol. The van der Waals surface area contributed by atoms with Gasteiger partial charge >= 0.3 is 0 Å². The van der Waals surface area contributed by atoms with E-state index in [1.54, 1.807) is 36.4 Å². The summed E-state index contributed by atoms with van der Waals surface area (Å²) in [6.45, 7) is 0. The van der Waals surface area contributed by atoms with Gasteiger partial charge in [0, 0.05) is 16.0 Å². The van der Waals surface area contributed by atoms with Crippen LogP contribution >= 0.6 is 35.1 Å². The van der Waals surface area contributed by atoms with Crippen LogP contribution in [0.4, 0.5) is 10.5 Å². The molecule has 2 amide bonds. The number of hydrogen-bond acceptors (Lipinski definition) is 5. The van der Waals surface area contributed by atoms with Crippen molar-refractivity contribution >= 4 is 58.0 Å². The molecule has 4 nitrogen and oxygen atoms in total. The number of carbonyl (C=O) groups excluding carboxylic acids is 2. The fraction of sp³-hybridized carbons (Fsp3) is 0. The number of imide groups is 1. The Bertz CT molecular complexity index is 1030. The Labute approximate surface area is 169 Å². The molecule has 0 aliphatic carbocycles. The molecule has 134 valence electrons. The average Bonchev–Trinajstić information content (AvgIpc) is 3.21. The number of benzene rings is 2. The first kappa shape index (κ1) is 18.0. The van der Waals surface area contributed by atoms with E-state index < -0.39 is 0 Å². The lowest BCUT2D eigenvalue weighted by atomic mass is 10.3. The number of rotatable bonds is 4. The molecule has 1 aromatic heterocycles. The molecular weight excluding hydrogens is 402 g/mol. The fourth-order valence-electron chi connectivity index (χ4n) is 2.48. The quantitative estimate of drug-likeness (QED) is 0.468. The maximum atomic E-state index is 12.6. The Balaban J connectivity index is 1.53. The van der Waals surface area contributed by atoms with Gasteiger partial charge in [-0.2, -0.15) is 0 Å². The number of thioether (sulfide) groups is 1. The molecule has 0 unspecified atom stereocenters. The number of nitrogens with zero attached hydrogens (tertiary/aromatic N) is 1. The van der Waals surface area contributed by atoms with E-state index in [4.69, 9.17) is 16.0 Å².